The zero-order chi connectivity index (χ0) is 20.4. The third-order valence-electron chi connectivity index (χ3n) is 5.44. The van der Waals surface area contributed by atoms with E-state index in [1.54, 1.807) is 0 Å². The Morgan fingerprint density at radius 2 is 0.828 bits per heavy atom. The van der Waals surface area contributed by atoms with Crippen molar-refractivity contribution >= 4 is 11.4 Å². The van der Waals surface area contributed by atoms with Gasteiger partial charge in [0.05, 0.1) is 0 Å². The maximum atomic E-state index is 3.51. The summed E-state index contributed by atoms with van der Waals surface area (Å²) in [6.07, 6.45) is 0. The van der Waals surface area contributed by atoms with Crippen molar-refractivity contribution in [2.45, 2.75) is 27.7 Å². The molecule has 0 fully saturated rings. The van der Waals surface area contributed by atoms with Crippen LogP contribution in [-0.4, -0.2) is 0 Å². The van der Waals surface area contributed by atoms with Gasteiger partial charge < -0.3 is 5.32 Å². The molecule has 0 bridgehead atoms. The van der Waals surface area contributed by atoms with Crippen molar-refractivity contribution in [1.82, 2.24) is 0 Å². The second-order valence-corrected chi connectivity index (χ2v) is 7.92. The van der Waals surface area contributed by atoms with E-state index in [1.807, 2.05) is 0 Å². The van der Waals surface area contributed by atoms with Crippen molar-refractivity contribution in [2.24, 2.45) is 0 Å². The lowest BCUT2D eigenvalue weighted by molar-refractivity contribution is 1.38. The minimum Gasteiger partial charge on any atom is -0.356 e. The smallest absolute Gasteiger partial charge is 0.0384 e. The average molecular weight is 378 g/mol. The molecule has 144 valence electrons. The minimum absolute atomic E-state index is 1.10. The molecule has 1 heteroatoms. The van der Waals surface area contributed by atoms with Gasteiger partial charge in [-0.15, -0.1) is 0 Å². The monoisotopic (exact) mass is 377 g/mol. The van der Waals surface area contributed by atoms with Gasteiger partial charge in [0, 0.05) is 11.4 Å². The zero-order valence-electron chi connectivity index (χ0n) is 17.6. The van der Waals surface area contributed by atoms with Gasteiger partial charge in [-0.25, -0.2) is 0 Å². The minimum atomic E-state index is 1.10. The molecule has 4 aromatic rings. The first-order valence-electron chi connectivity index (χ1n) is 10.1. The van der Waals surface area contributed by atoms with Gasteiger partial charge in [0.1, 0.15) is 0 Å². The highest BCUT2D eigenvalue weighted by Crippen LogP contribution is 2.28. The molecular formula is C28H27N. The molecular weight excluding hydrogens is 350 g/mol. The summed E-state index contributed by atoms with van der Waals surface area (Å²) in [7, 11) is 0. The Labute approximate surface area is 174 Å². The molecule has 0 aliphatic rings. The van der Waals surface area contributed by atoms with Crippen molar-refractivity contribution in [3.05, 3.63) is 107 Å². The Hall–Kier alpha value is -3.32. The number of aryl methyl sites for hydroxylation is 4. The van der Waals surface area contributed by atoms with Crippen LogP contribution in [0, 0.1) is 27.7 Å². The Balaban J connectivity index is 1.51. The fraction of sp³-hybridized carbons (Fsp3) is 0.143. The summed E-state index contributed by atoms with van der Waals surface area (Å²) in [6.45, 7) is 8.61. The van der Waals surface area contributed by atoms with Gasteiger partial charge in [0.2, 0.25) is 0 Å². The highest BCUT2D eigenvalue weighted by Gasteiger charge is 2.04. The summed E-state index contributed by atoms with van der Waals surface area (Å²) in [6, 6.07) is 30.5. The fourth-order valence-corrected chi connectivity index (χ4v) is 3.91. The van der Waals surface area contributed by atoms with E-state index in [2.05, 4.69) is 118 Å². The number of nitrogens with one attached hydrogen (secondary N) is 1. The molecule has 0 radical (unpaired) electrons. The number of rotatable bonds is 4. The number of benzene rings is 4. The van der Waals surface area contributed by atoms with Crippen LogP contribution in [0.2, 0.25) is 0 Å². The molecule has 0 saturated carbocycles. The van der Waals surface area contributed by atoms with E-state index in [1.165, 1.54) is 44.5 Å². The van der Waals surface area contributed by atoms with E-state index >= 15 is 0 Å². The van der Waals surface area contributed by atoms with Crippen molar-refractivity contribution in [3.63, 3.8) is 0 Å². The van der Waals surface area contributed by atoms with Gasteiger partial charge >= 0.3 is 0 Å². The van der Waals surface area contributed by atoms with Crippen LogP contribution in [0.1, 0.15) is 22.3 Å². The van der Waals surface area contributed by atoms with E-state index in [-0.39, 0.29) is 0 Å². The molecule has 0 aromatic heterocycles. The van der Waals surface area contributed by atoms with Crippen LogP contribution in [0.4, 0.5) is 11.4 Å². The van der Waals surface area contributed by atoms with Crippen LogP contribution in [0.15, 0.2) is 84.9 Å². The zero-order valence-corrected chi connectivity index (χ0v) is 17.6. The highest BCUT2D eigenvalue weighted by molar-refractivity contribution is 5.73. The molecule has 0 aliphatic carbocycles. The van der Waals surface area contributed by atoms with Gasteiger partial charge in [-0.2, -0.15) is 0 Å². The molecule has 4 rings (SSSR count). The van der Waals surface area contributed by atoms with Crippen molar-refractivity contribution < 1.29 is 0 Å². The van der Waals surface area contributed by atoms with Crippen LogP contribution >= 0.6 is 0 Å². The maximum Gasteiger partial charge on any atom is 0.0384 e. The topological polar surface area (TPSA) is 12.0 Å². The lowest BCUT2D eigenvalue weighted by Gasteiger charge is -2.11. The van der Waals surface area contributed by atoms with Crippen LogP contribution < -0.4 is 5.32 Å². The van der Waals surface area contributed by atoms with Crippen LogP contribution in [0.25, 0.3) is 22.3 Å². The first kappa shape index (κ1) is 19.0. The van der Waals surface area contributed by atoms with Crippen molar-refractivity contribution in [3.8, 4) is 22.3 Å². The molecule has 29 heavy (non-hydrogen) atoms. The summed E-state index contributed by atoms with van der Waals surface area (Å²) in [5.41, 5.74) is 12.5. The number of hydrogen-bond acceptors (Lipinski definition) is 1. The summed E-state index contributed by atoms with van der Waals surface area (Å²) in [5, 5.41) is 3.51. The molecule has 0 unspecified atom stereocenters. The van der Waals surface area contributed by atoms with Crippen LogP contribution in [0.3, 0.4) is 0 Å². The molecule has 0 heterocycles. The van der Waals surface area contributed by atoms with E-state index in [0.717, 1.165) is 11.4 Å². The third kappa shape index (κ3) is 4.25. The first-order valence-corrected chi connectivity index (χ1v) is 10.1. The molecule has 0 atom stereocenters. The van der Waals surface area contributed by atoms with Gasteiger partial charge in [-0.05, 0) is 85.3 Å². The van der Waals surface area contributed by atoms with Crippen molar-refractivity contribution in [2.75, 3.05) is 5.32 Å². The lowest BCUT2D eigenvalue weighted by atomic mass is 9.98. The second kappa shape index (κ2) is 7.97. The fourth-order valence-electron chi connectivity index (χ4n) is 3.91. The highest BCUT2D eigenvalue weighted by atomic mass is 14.9. The Morgan fingerprint density at radius 1 is 0.448 bits per heavy atom. The third-order valence-corrected chi connectivity index (χ3v) is 5.44. The SMILES string of the molecule is Cc1ccc(-c2ccc(Nc3ccc(-c4ccc(C)cc4C)cc3)cc2)c(C)c1. The van der Waals surface area contributed by atoms with Gasteiger partial charge in [0.25, 0.3) is 0 Å². The molecule has 1 nitrogen and oxygen atoms in total. The Morgan fingerprint density at radius 3 is 1.17 bits per heavy atom. The first-order chi connectivity index (χ1) is 14.0. The summed E-state index contributed by atoms with van der Waals surface area (Å²) in [5.74, 6) is 0. The quantitative estimate of drug-likeness (QED) is 0.380. The standard InChI is InChI=1S/C28H27N/c1-19-5-15-27(21(3)17-19)23-7-11-25(12-8-23)29-26-13-9-24(10-14-26)28-16-6-20(2)18-22(28)4/h5-18,29H,1-4H3. The number of anilines is 2. The predicted octanol–water partition coefficient (Wildman–Crippen LogP) is 8.00. The Kier molecular flexibility index (Phi) is 5.22. The molecule has 0 saturated heterocycles. The normalized spacial score (nSPS) is 10.8. The van der Waals surface area contributed by atoms with E-state index < -0.39 is 0 Å². The largest absolute Gasteiger partial charge is 0.356 e. The summed E-state index contributed by atoms with van der Waals surface area (Å²) < 4.78 is 0. The molecule has 0 spiro atoms. The summed E-state index contributed by atoms with van der Waals surface area (Å²) >= 11 is 0. The maximum absolute atomic E-state index is 3.51. The Bertz CT molecular complexity index is 1040. The van der Waals surface area contributed by atoms with Crippen LogP contribution in [0.5, 0.6) is 0 Å². The van der Waals surface area contributed by atoms with Gasteiger partial charge in [0.15, 0.2) is 0 Å². The number of hydrogen-bond donors (Lipinski definition) is 1. The lowest BCUT2D eigenvalue weighted by Crippen LogP contribution is -1.91. The van der Waals surface area contributed by atoms with E-state index in [0.29, 0.717) is 0 Å². The molecule has 4 aromatic carbocycles. The molecule has 0 aliphatic heterocycles. The van der Waals surface area contributed by atoms with E-state index in [4.69, 9.17) is 0 Å². The second-order valence-electron chi connectivity index (χ2n) is 7.92. The average Bonchev–Trinajstić information content (AvgIpc) is 2.70. The van der Waals surface area contributed by atoms with Gasteiger partial charge in [-0.1, -0.05) is 71.8 Å². The molecule has 1 N–H and O–H groups in total. The van der Waals surface area contributed by atoms with Crippen molar-refractivity contribution in [1.29, 1.82) is 0 Å². The molecule has 0 amide bonds. The van der Waals surface area contributed by atoms with E-state index in [9.17, 15) is 0 Å². The summed E-state index contributed by atoms with van der Waals surface area (Å²) in [4.78, 5) is 0. The van der Waals surface area contributed by atoms with Gasteiger partial charge in [-0.3, -0.25) is 0 Å². The van der Waals surface area contributed by atoms with Crippen LogP contribution in [-0.2, 0) is 0 Å². The predicted molar refractivity (Wildman–Crippen MR) is 126 cm³/mol.